The van der Waals surface area contributed by atoms with Crippen LogP contribution in [0.1, 0.15) is 32.6 Å². The van der Waals surface area contributed by atoms with E-state index in [2.05, 4.69) is 0 Å². The predicted molar refractivity (Wildman–Crippen MR) is 68.4 cm³/mol. The second-order valence-corrected chi connectivity index (χ2v) is 6.26. The Balaban J connectivity index is 1.90. The lowest BCUT2D eigenvalue weighted by molar-refractivity contribution is -0.185. The number of rotatable bonds is 2. The molecule has 2 unspecified atom stereocenters. The predicted octanol–water partition coefficient (Wildman–Crippen LogP) is 2.53. The third-order valence-corrected chi connectivity index (χ3v) is 4.78. The van der Waals surface area contributed by atoms with Gasteiger partial charge in [0.25, 0.3) is 0 Å². The molecule has 1 amide bonds. The number of carbonyl (C=O) groups is 2. The van der Waals surface area contributed by atoms with Crippen LogP contribution in [0.5, 0.6) is 0 Å². The number of carboxylic acid groups (broad SMARTS) is 1. The number of halogens is 3. The molecule has 0 bridgehead atoms. The van der Waals surface area contributed by atoms with Crippen LogP contribution in [0, 0.1) is 23.7 Å². The fourth-order valence-corrected chi connectivity index (χ4v) is 3.39. The smallest absolute Gasteiger partial charge is 0.391 e. The summed E-state index contributed by atoms with van der Waals surface area (Å²) in [5.41, 5.74) is 0. The number of hydrogen-bond acceptors (Lipinski definition) is 2. The Morgan fingerprint density at radius 3 is 2.10 bits per heavy atom. The molecule has 1 N–H and O–H groups in total. The first kappa shape index (κ1) is 16.1. The Bertz CT molecular complexity index is 416. The SMILES string of the molecule is CC1CN(C(=O)C2CCC(C(F)(F)F)CC2)CC1C(=O)O. The number of carboxylic acids is 1. The van der Waals surface area contributed by atoms with Gasteiger partial charge in [0.2, 0.25) is 5.91 Å². The number of likely N-dealkylation sites (tertiary alicyclic amines) is 1. The summed E-state index contributed by atoms with van der Waals surface area (Å²) in [6, 6.07) is 0. The van der Waals surface area contributed by atoms with Crippen LogP contribution >= 0.6 is 0 Å². The van der Waals surface area contributed by atoms with Crippen molar-refractivity contribution in [2.24, 2.45) is 23.7 Å². The number of amides is 1. The molecule has 2 atom stereocenters. The van der Waals surface area contributed by atoms with E-state index in [0.29, 0.717) is 6.54 Å². The lowest BCUT2D eigenvalue weighted by Gasteiger charge is -2.31. The monoisotopic (exact) mass is 307 g/mol. The van der Waals surface area contributed by atoms with E-state index < -0.39 is 24.0 Å². The van der Waals surface area contributed by atoms with Gasteiger partial charge in [0.05, 0.1) is 11.8 Å². The van der Waals surface area contributed by atoms with Crippen molar-refractivity contribution in [2.75, 3.05) is 13.1 Å². The molecule has 0 aromatic carbocycles. The Kier molecular flexibility index (Phi) is 4.49. The first-order chi connectivity index (χ1) is 9.70. The van der Waals surface area contributed by atoms with Crippen LogP contribution < -0.4 is 0 Å². The van der Waals surface area contributed by atoms with Gasteiger partial charge in [-0.1, -0.05) is 6.92 Å². The van der Waals surface area contributed by atoms with Crippen molar-refractivity contribution in [3.8, 4) is 0 Å². The highest BCUT2D eigenvalue weighted by atomic mass is 19.4. The van der Waals surface area contributed by atoms with E-state index in [-0.39, 0.29) is 50.0 Å². The molecule has 1 aliphatic carbocycles. The largest absolute Gasteiger partial charge is 0.481 e. The van der Waals surface area contributed by atoms with Crippen LogP contribution in [0.4, 0.5) is 13.2 Å². The zero-order valence-corrected chi connectivity index (χ0v) is 11.9. The van der Waals surface area contributed by atoms with Crippen LogP contribution in [0.3, 0.4) is 0 Å². The number of nitrogens with zero attached hydrogens (tertiary/aromatic N) is 1. The lowest BCUT2D eigenvalue weighted by atomic mass is 9.81. The van der Waals surface area contributed by atoms with Gasteiger partial charge in [-0.05, 0) is 31.6 Å². The molecule has 0 aromatic heterocycles. The number of carbonyl (C=O) groups excluding carboxylic acids is 1. The van der Waals surface area contributed by atoms with Gasteiger partial charge in [0.15, 0.2) is 0 Å². The van der Waals surface area contributed by atoms with Crippen molar-refractivity contribution < 1.29 is 27.9 Å². The minimum atomic E-state index is -4.18. The van der Waals surface area contributed by atoms with Gasteiger partial charge in [0, 0.05) is 19.0 Å². The van der Waals surface area contributed by atoms with E-state index in [9.17, 15) is 22.8 Å². The summed E-state index contributed by atoms with van der Waals surface area (Å²) >= 11 is 0. The molecule has 2 aliphatic rings. The highest BCUT2D eigenvalue weighted by Crippen LogP contribution is 2.40. The van der Waals surface area contributed by atoms with E-state index in [0.717, 1.165) is 0 Å². The summed E-state index contributed by atoms with van der Waals surface area (Å²) in [4.78, 5) is 24.9. The van der Waals surface area contributed by atoms with Crippen molar-refractivity contribution in [3.63, 3.8) is 0 Å². The molecule has 120 valence electrons. The van der Waals surface area contributed by atoms with Gasteiger partial charge in [0.1, 0.15) is 0 Å². The van der Waals surface area contributed by atoms with Gasteiger partial charge >= 0.3 is 12.1 Å². The van der Waals surface area contributed by atoms with E-state index in [1.165, 1.54) is 4.90 Å². The third-order valence-electron chi connectivity index (χ3n) is 4.78. The summed E-state index contributed by atoms with van der Waals surface area (Å²) in [7, 11) is 0. The topological polar surface area (TPSA) is 57.6 Å². The van der Waals surface area contributed by atoms with Gasteiger partial charge in [-0.25, -0.2) is 0 Å². The third kappa shape index (κ3) is 3.49. The molecule has 7 heteroatoms. The van der Waals surface area contributed by atoms with Crippen molar-refractivity contribution >= 4 is 11.9 Å². The minimum absolute atomic E-state index is 0.00827. The Morgan fingerprint density at radius 1 is 1.10 bits per heavy atom. The minimum Gasteiger partial charge on any atom is -0.481 e. The second kappa shape index (κ2) is 5.85. The Labute approximate surface area is 121 Å². The van der Waals surface area contributed by atoms with Crippen LogP contribution in [-0.2, 0) is 9.59 Å². The van der Waals surface area contributed by atoms with Crippen molar-refractivity contribution in [1.29, 1.82) is 0 Å². The molecule has 0 aromatic rings. The molecule has 2 fully saturated rings. The average Bonchev–Trinajstić information content (AvgIpc) is 2.79. The molecule has 4 nitrogen and oxygen atoms in total. The maximum absolute atomic E-state index is 12.6. The molecule has 1 heterocycles. The first-order valence-electron chi connectivity index (χ1n) is 7.28. The fraction of sp³-hybridized carbons (Fsp3) is 0.857. The normalized spacial score (nSPS) is 34.0. The van der Waals surface area contributed by atoms with E-state index in [4.69, 9.17) is 5.11 Å². The molecular weight excluding hydrogens is 287 g/mol. The molecule has 0 spiro atoms. The van der Waals surface area contributed by atoms with Gasteiger partial charge < -0.3 is 10.0 Å². The highest BCUT2D eigenvalue weighted by Gasteiger charge is 2.44. The van der Waals surface area contributed by atoms with E-state index in [1.807, 2.05) is 0 Å². The number of alkyl halides is 3. The number of aliphatic carboxylic acids is 1. The molecule has 1 saturated heterocycles. The van der Waals surface area contributed by atoms with Crippen LogP contribution in [0.15, 0.2) is 0 Å². The highest BCUT2D eigenvalue weighted by molar-refractivity contribution is 5.81. The summed E-state index contributed by atoms with van der Waals surface area (Å²) in [6.45, 7) is 2.34. The van der Waals surface area contributed by atoms with Crippen molar-refractivity contribution in [2.45, 2.75) is 38.8 Å². The molecule has 1 saturated carbocycles. The maximum Gasteiger partial charge on any atom is 0.391 e. The summed E-state index contributed by atoms with van der Waals surface area (Å²) in [6.07, 6.45) is -3.71. The molecule has 0 radical (unpaired) electrons. The first-order valence-corrected chi connectivity index (χ1v) is 7.28. The molecular formula is C14H20F3NO3. The quantitative estimate of drug-likeness (QED) is 0.853. The van der Waals surface area contributed by atoms with Gasteiger partial charge in [-0.2, -0.15) is 13.2 Å². The average molecular weight is 307 g/mol. The maximum atomic E-state index is 12.6. The molecule has 21 heavy (non-hydrogen) atoms. The summed E-state index contributed by atoms with van der Waals surface area (Å²) in [5.74, 6) is -3.46. The van der Waals surface area contributed by atoms with E-state index >= 15 is 0 Å². The van der Waals surface area contributed by atoms with Gasteiger partial charge in [-0.3, -0.25) is 9.59 Å². The molecule has 2 rings (SSSR count). The molecule has 1 aliphatic heterocycles. The van der Waals surface area contributed by atoms with Crippen molar-refractivity contribution in [1.82, 2.24) is 4.90 Å². The van der Waals surface area contributed by atoms with Crippen LogP contribution in [-0.4, -0.2) is 41.1 Å². The van der Waals surface area contributed by atoms with Crippen molar-refractivity contribution in [3.05, 3.63) is 0 Å². The standard InChI is InChI=1S/C14H20F3NO3/c1-8-6-18(7-11(8)13(20)21)12(19)9-2-4-10(5-3-9)14(15,16)17/h8-11H,2-7H2,1H3,(H,20,21). The van der Waals surface area contributed by atoms with Crippen LogP contribution in [0.2, 0.25) is 0 Å². The summed E-state index contributed by atoms with van der Waals surface area (Å²) < 4.78 is 37.8. The zero-order valence-electron chi connectivity index (χ0n) is 11.9. The van der Waals surface area contributed by atoms with Crippen LogP contribution in [0.25, 0.3) is 0 Å². The van der Waals surface area contributed by atoms with Gasteiger partial charge in [-0.15, -0.1) is 0 Å². The van der Waals surface area contributed by atoms with E-state index in [1.54, 1.807) is 6.92 Å². The summed E-state index contributed by atoms with van der Waals surface area (Å²) in [5, 5.41) is 9.05. The number of hydrogen-bond donors (Lipinski definition) is 1. The Morgan fingerprint density at radius 2 is 1.67 bits per heavy atom. The second-order valence-electron chi connectivity index (χ2n) is 6.26. The Hall–Kier alpha value is -1.27. The fourth-order valence-electron chi connectivity index (χ4n) is 3.39. The zero-order chi connectivity index (χ0) is 15.8. The lowest BCUT2D eigenvalue weighted by Crippen LogP contribution is -2.38.